The number of hydrogen-bond acceptors (Lipinski definition) is 4. The molecule has 2 amide bonds. The van der Waals surface area contributed by atoms with Gasteiger partial charge in [0, 0.05) is 13.1 Å². The molecule has 1 aromatic carbocycles. The molecule has 22 heavy (non-hydrogen) atoms. The number of nitrogens with one attached hydrogen (secondary N) is 2. The van der Waals surface area contributed by atoms with Crippen molar-refractivity contribution in [1.82, 2.24) is 9.62 Å². The molecule has 1 saturated heterocycles. The maximum Gasteiger partial charge on any atom is 0.253 e. The Kier molecular flexibility index (Phi) is 3.88. The number of hydrogen-bond donors (Lipinski definition) is 2. The quantitative estimate of drug-likeness (QED) is 0.830. The smallest absolute Gasteiger partial charge is 0.253 e. The highest BCUT2D eigenvalue weighted by Crippen LogP contribution is 2.25. The third kappa shape index (κ3) is 2.71. The van der Waals surface area contributed by atoms with Gasteiger partial charge >= 0.3 is 0 Å². The highest BCUT2D eigenvalue weighted by Gasteiger charge is 2.28. The summed E-state index contributed by atoms with van der Waals surface area (Å²) in [5.41, 5.74) is 0.501. The highest BCUT2D eigenvalue weighted by atomic mass is 32.2. The van der Waals surface area contributed by atoms with Gasteiger partial charge in [0.25, 0.3) is 5.91 Å². The van der Waals surface area contributed by atoms with E-state index >= 15 is 0 Å². The molecule has 0 saturated carbocycles. The average molecular weight is 323 g/mol. The summed E-state index contributed by atoms with van der Waals surface area (Å²) in [4.78, 5) is 23.5. The molecule has 2 N–H and O–H groups in total. The third-order valence-corrected chi connectivity index (χ3v) is 5.77. The van der Waals surface area contributed by atoms with Gasteiger partial charge < -0.3 is 10.6 Å². The molecule has 0 aliphatic carbocycles. The molecular weight excluding hydrogens is 306 g/mol. The number of anilines is 1. The summed E-state index contributed by atoms with van der Waals surface area (Å²) in [6, 6.07) is 4.23. The second-order valence-electron chi connectivity index (χ2n) is 5.40. The van der Waals surface area contributed by atoms with Crippen LogP contribution in [0.3, 0.4) is 0 Å². The van der Waals surface area contributed by atoms with E-state index in [9.17, 15) is 18.0 Å². The second kappa shape index (κ2) is 5.69. The monoisotopic (exact) mass is 323 g/mol. The standard InChI is InChI=1S/C14H17N3O4S/c18-13-9-15-14(19)11-8-10(4-5-12(11)16-13)22(20,21)17-6-2-1-3-7-17/h4-5,8H,1-3,6-7,9H2,(H,15,19)(H,16,18). The molecule has 2 heterocycles. The Bertz CT molecular complexity index is 724. The first-order chi connectivity index (χ1) is 10.5. The van der Waals surface area contributed by atoms with Crippen molar-refractivity contribution < 1.29 is 18.0 Å². The Balaban J connectivity index is 1.99. The Morgan fingerprint density at radius 3 is 2.50 bits per heavy atom. The van der Waals surface area contributed by atoms with Gasteiger partial charge in [-0.2, -0.15) is 4.31 Å². The van der Waals surface area contributed by atoms with Gasteiger partial charge in [-0.15, -0.1) is 0 Å². The van der Waals surface area contributed by atoms with Gasteiger partial charge in [-0.05, 0) is 31.0 Å². The zero-order valence-corrected chi connectivity index (χ0v) is 12.8. The van der Waals surface area contributed by atoms with Gasteiger partial charge in [0.2, 0.25) is 15.9 Å². The number of carbonyl (C=O) groups is 2. The predicted octanol–water partition coefficient (Wildman–Crippen LogP) is 0.543. The lowest BCUT2D eigenvalue weighted by atomic mass is 10.1. The first-order valence-electron chi connectivity index (χ1n) is 7.21. The lowest BCUT2D eigenvalue weighted by molar-refractivity contribution is -0.115. The lowest BCUT2D eigenvalue weighted by Crippen LogP contribution is -2.35. The minimum Gasteiger partial charge on any atom is -0.343 e. The first-order valence-corrected chi connectivity index (χ1v) is 8.65. The molecule has 8 heteroatoms. The van der Waals surface area contributed by atoms with Crippen LogP contribution >= 0.6 is 0 Å². The molecule has 3 rings (SSSR count). The molecule has 0 atom stereocenters. The van der Waals surface area contributed by atoms with Gasteiger partial charge in [-0.3, -0.25) is 9.59 Å². The average Bonchev–Trinajstić information content (AvgIpc) is 2.67. The van der Waals surface area contributed by atoms with Crippen LogP contribution in [0.1, 0.15) is 29.6 Å². The largest absolute Gasteiger partial charge is 0.343 e. The number of piperidine rings is 1. The van der Waals surface area contributed by atoms with Crippen molar-refractivity contribution in [2.75, 3.05) is 25.0 Å². The van der Waals surface area contributed by atoms with Crippen LogP contribution in [0.2, 0.25) is 0 Å². The first kappa shape index (κ1) is 15.0. The number of fused-ring (bicyclic) bond motifs is 1. The van der Waals surface area contributed by atoms with Crippen LogP contribution < -0.4 is 10.6 Å². The zero-order chi connectivity index (χ0) is 15.7. The van der Waals surface area contributed by atoms with Crippen LogP contribution in [0.4, 0.5) is 5.69 Å². The van der Waals surface area contributed by atoms with Crippen LogP contribution in [0, 0.1) is 0 Å². The molecule has 118 valence electrons. The summed E-state index contributed by atoms with van der Waals surface area (Å²) in [5.74, 6) is -0.789. The van der Waals surface area contributed by atoms with E-state index in [0.717, 1.165) is 19.3 Å². The summed E-state index contributed by atoms with van der Waals surface area (Å²) >= 11 is 0. The topological polar surface area (TPSA) is 95.6 Å². The Morgan fingerprint density at radius 2 is 1.77 bits per heavy atom. The second-order valence-corrected chi connectivity index (χ2v) is 7.34. The number of carbonyl (C=O) groups excluding carboxylic acids is 2. The number of sulfonamides is 1. The lowest BCUT2D eigenvalue weighted by Gasteiger charge is -2.26. The van der Waals surface area contributed by atoms with Crippen molar-refractivity contribution in [2.45, 2.75) is 24.2 Å². The van der Waals surface area contributed by atoms with Crippen LogP contribution in [0.15, 0.2) is 23.1 Å². The van der Waals surface area contributed by atoms with E-state index in [2.05, 4.69) is 10.6 Å². The van der Waals surface area contributed by atoms with E-state index in [1.807, 2.05) is 0 Å². The fraction of sp³-hybridized carbons (Fsp3) is 0.429. The fourth-order valence-electron chi connectivity index (χ4n) is 2.69. The van der Waals surface area contributed by atoms with Crippen LogP contribution in [-0.4, -0.2) is 44.2 Å². The summed E-state index contributed by atoms with van der Waals surface area (Å²) in [5, 5.41) is 5.03. The van der Waals surface area contributed by atoms with Crippen molar-refractivity contribution in [3.63, 3.8) is 0 Å². The summed E-state index contributed by atoms with van der Waals surface area (Å²) in [6.45, 7) is 0.881. The van der Waals surface area contributed by atoms with E-state index in [1.54, 1.807) is 0 Å². The maximum atomic E-state index is 12.6. The summed E-state index contributed by atoms with van der Waals surface area (Å²) in [7, 11) is -3.60. The van der Waals surface area contributed by atoms with E-state index in [-0.39, 0.29) is 22.9 Å². The molecule has 2 aliphatic rings. The number of amides is 2. The molecule has 0 bridgehead atoms. The normalized spacial score (nSPS) is 19.8. The third-order valence-electron chi connectivity index (χ3n) is 3.87. The van der Waals surface area contributed by atoms with Crippen molar-refractivity contribution in [1.29, 1.82) is 0 Å². The molecule has 0 aromatic heterocycles. The van der Waals surface area contributed by atoms with Gasteiger partial charge in [0.1, 0.15) is 0 Å². The van der Waals surface area contributed by atoms with E-state index < -0.39 is 15.9 Å². The Labute approximate surface area is 128 Å². The minimum atomic E-state index is -3.60. The minimum absolute atomic E-state index is 0.0828. The molecule has 0 radical (unpaired) electrons. The predicted molar refractivity (Wildman–Crippen MR) is 80.0 cm³/mol. The molecule has 0 unspecified atom stereocenters. The zero-order valence-electron chi connectivity index (χ0n) is 12.0. The van der Waals surface area contributed by atoms with Crippen molar-refractivity contribution in [3.05, 3.63) is 23.8 Å². The SMILES string of the molecule is O=C1CNC(=O)c2cc(S(=O)(=O)N3CCCCC3)ccc2N1. The van der Waals surface area contributed by atoms with Gasteiger partial charge in [0.05, 0.1) is 22.7 Å². The van der Waals surface area contributed by atoms with Crippen LogP contribution in [0.25, 0.3) is 0 Å². The summed E-state index contributed by atoms with van der Waals surface area (Å²) < 4.78 is 26.7. The van der Waals surface area contributed by atoms with E-state index in [1.165, 1.54) is 22.5 Å². The van der Waals surface area contributed by atoms with Crippen LogP contribution in [-0.2, 0) is 14.8 Å². The number of nitrogens with zero attached hydrogens (tertiary/aromatic N) is 1. The van der Waals surface area contributed by atoms with Gasteiger partial charge in [0.15, 0.2) is 0 Å². The number of rotatable bonds is 2. The molecule has 7 nitrogen and oxygen atoms in total. The van der Waals surface area contributed by atoms with Gasteiger partial charge in [-0.25, -0.2) is 8.42 Å². The maximum absolute atomic E-state index is 12.6. The van der Waals surface area contributed by atoms with E-state index in [0.29, 0.717) is 18.8 Å². The van der Waals surface area contributed by atoms with Gasteiger partial charge in [-0.1, -0.05) is 6.42 Å². The van der Waals surface area contributed by atoms with Crippen molar-refractivity contribution in [3.8, 4) is 0 Å². The fourth-order valence-corrected chi connectivity index (χ4v) is 4.23. The molecule has 2 aliphatic heterocycles. The van der Waals surface area contributed by atoms with Crippen molar-refractivity contribution >= 4 is 27.5 Å². The van der Waals surface area contributed by atoms with Crippen molar-refractivity contribution in [2.24, 2.45) is 0 Å². The molecular formula is C14H17N3O4S. The number of benzene rings is 1. The Morgan fingerprint density at radius 1 is 1.05 bits per heavy atom. The van der Waals surface area contributed by atoms with Crippen LogP contribution in [0.5, 0.6) is 0 Å². The molecule has 0 spiro atoms. The molecule has 1 aromatic rings. The van der Waals surface area contributed by atoms with E-state index in [4.69, 9.17) is 0 Å². The molecule has 1 fully saturated rings. The highest BCUT2D eigenvalue weighted by molar-refractivity contribution is 7.89. The summed E-state index contributed by atoms with van der Waals surface area (Å²) in [6.07, 6.45) is 2.73. The Hall–Kier alpha value is -1.93.